The maximum atomic E-state index is 6.15. The van der Waals surface area contributed by atoms with Gasteiger partial charge >= 0.3 is 0 Å². The molecule has 98 valence electrons. The van der Waals surface area contributed by atoms with Crippen LogP contribution in [0.1, 0.15) is 30.9 Å². The van der Waals surface area contributed by atoms with E-state index in [4.69, 9.17) is 11.6 Å². The van der Waals surface area contributed by atoms with Gasteiger partial charge < -0.3 is 5.32 Å². The fourth-order valence-corrected chi connectivity index (χ4v) is 3.07. The molecular weight excluding hydrogens is 244 g/mol. The molecule has 1 atom stereocenters. The number of benzene rings is 1. The number of rotatable bonds is 4. The van der Waals surface area contributed by atoms with Crippen LogP contribution >= 0.6 is 11.6 Å². The molecule has 18 heavy (non-hydrogen) atoms. The fourth-order valence-electron chi connectivity index (χ4n) is 2.87. The predicted octanol–water partition coefficient (Wildman–Crippen LogP) is 3.09. The molecule has 0 amide bonds. The van der Waals surface area contributed by atoms with Crippen LogP contribution in [0.15, 0.2) is 24.3 Å². The molecule has 2 nitrogen and oxygen atoms in total. The number of piperazine rings is 1. The molecule has 1 aromatic carbocycles. The van der Waals surface area contributed by atoms with Crippen molar-refractivity contribution in [2.45, 2.75) is 25.3 Å². The van der Waals surface area contributed by atoms with Gasteiger partial charge in [0.15, 0.2) is 0 Å². The van der Waals surface area contributed by atoms with Gasteiger partial charge in [-0.25, -0.2) is 0 Å². The van der Waals surface area contributed by atoms with Gasteiger partial charge in [0.1, 0.15) is 0 Å². The molecule has 2 fully saturated rings. The largest absolute Gasteiger partial charge is 0.314 e. The molecule has 1 saturated heterocycles. The standard InChI is InChI=1S/C15H21ClN2/c16-14-3-1-2-13(11-14)15(10-12-4-5-12)18-8-6-17-7-9-18/h1-3,11-12,15,17H,4-10H2/t15-/m1/s1. The van der Waals surface area contributed by atoms with Gasteiger partial charge in [0.2, 0.25) is 0 Å². The van der Waals surface area contributed by atoms with Crippen LogP contribution in [0.3, 0.4) is 0 Å². The third-order valence-corrected chi connectivity index (χ3v) is 4.31. The molecule has 0 aromatic heterocycles. The number of hydrogen-bond acceptors (Lipinski definition) is 2. The first-order chi connectivity index (χ1) is 8.83. The minimum atomic E-state index is 0.568. The van der Waals surface area contributed by atoms with Crippen LogP contribution < -0.4 is 5.32 Å². The highest BCUT2D eigenvalue weighted by Gasteiger charge is 2.30. The van der Waals surface area contributed by atoms with Crippen LogP contribution in [-0.4, -0.2) is 31.1 Å². The van der Waals surface area contributed by atoms with Gasteiger partial charge in [-0.3, -0.25) is 4.90 Å². The van der Waals surface area contributed by atoms with E-state index < -0.39 is 0 Å². The smallest absolute Gasteiger partial charge is 0.0409 e. The molecule has 0 bridgehead atoms. The van der Waals surface area contributed by atoms with Gasteiger partial charge in [-0.15, -0.1) is 0 Å². The summed E-state index contributed by atoms with van der Waals surface area (Å²) in [7, 11) is 0. The molecular formula is C15H21ClN2. The van der Waals surface area contributed by atoms with Crippen molar-refractivity contribution in [2.75, 3.05) is 26.2 Å². The first kappa shape index (κ1) is 12.5. The highest BCUT2D eigenvalue weighted by Crippen LogP contribution is 2.40. The molecule has 3 heteroatoms. The maximum absolute atomic E-state index is 6.15. The molecule has 0 spiro atoms. The first-order valence-electron chi connectivity index (χ1n) is 7.03. The van der Waals surface area contributed by atoms with E-state index in [-0.39, 0.29) is 0 Å². The van der Waals surface area contributed by atoms with Crippen LogP contribution in [0.2, 0.25) is 5.02 Å². The van der Waals surface area contributed by atoms with E-state index in [0.29, 0.717) is 6.04 Å². The second-order valence-corrected chi connectivity index (χ2v) is 5.97. The highest BCUT2D eigenvalue weighted by molar-refractivity contribution is 6.30. The molecule has 0 unspecified atom stereocenters. The van der Waals surface area contributed by atoms with E-state index in [1.165, 1.54) is 24.8 Å². The Morgan fingerprint density at radius 2 is 2.06 bits per heavy atom. The van der Waals surface area contributed by atoms with E-state index in [2.05, 4.69) is 28.4 Å². The summed E-state index contributed by atoms with van der Waals surface area (Å²) in [4.78, 5) is 2.63. The summed E-state index contributed by atoms with van der Waals surface area (Å²) in [5.41, 5.74) is 1.40. The maximum Gasteiger partial charge on any atom is 0.0409 e. The van der Waals surface area contributed by atoms with E-state index in [9.17, 15) is 0 Å². The number of hydrogen-bond donors (Lipinski definition) is 1. The van der Waals surface area contributed by atoms with Crippen LogP contribution in [-0.2, 0) is 0 Å². The minimum Gasteiger partial charge on any atom is -0.314 e. The summed E-state index contributed by atoms with van der Waals surface area (Å²) >= 11 is 6.15. The Bertz CT molecular complexity index is 397. The van der Waals surface area contributed by atoms with Gasteiger partial charge in [-0.1, -0.05) is 36.6 Å². The van der Waals surface area contributed by atoms with Crippen molar-refractivity contribution in [1.82, 2.24) is 10.2 Å². The lowest BCUT2D eigenvalue weighted by Gasteiger charge is -2.35. The summed E-state index contributed by atoms with van der Waals surface area (Å²) in [6.45, 7) is 4.54. The molecule has 1 aliphatic heterocycles. The van der Waals surface area contributed by atoms with Crippen LogP contribution in [0.5, 0.6) is 0 Å². The second kappa shape index (κ2) is 5.60. The molecule has 1 heterocycles. The summed E-state index contributed by atoms with van der Waals surface area (Å²) in [5.74, 6) is 0.948. The van der Waals surface area contributed by atoms with Crippen molar-refractivity contribution >= 4 is 11.6 Å². The lowest BCUT2D eigenvalue weighted by Crippen LogP contribution is -2.45. The van der Waals surface area contributed by atoms with E-state index in [1.807, 2.05) is 6.07 Å². The number of halogens is 1. The zero-order valence-corrected chi connectivity index (χ0v) is 11.5. The fraction of sp³-hybridized carbons (Fsp3) is 0.600. The lowest BCUT2D eigenvalue weighted by atomic mass is 9.99. The van der Waals surface area contributed by atoms with Gasteiger partial charge in [-0.2, -0.15) is 0 Å². The second-order valence-electron chi connectivity index (χ2n) is 5.54. The molecule has 1 saturated carbocycles. The van der Waals surface area contributed by atoms with Crippen molar-refractivity contribution < 1.29 is 0 Å². The summed E-state index contributed by atoms with van der Waals surface area (Å²) in [5, 5.41) is 4.30. The summed E-state index contributed by atoms with van der Waals surface area (Å²) < 4.78 is 0. The average Bonchev–Trinajstić information content (AvgIpc) is 3.21. The Labute approximate surface area is 114 Å². The molecule has 3 rings (SSSR count). The van der Waals surface area contributed by atoms with Gasteiger partial charge in [0.25, 0.3) is 0 Å². The van der Waals surface area contributed by atoms with Gasteiger partial charge in [-0.05, 0) is 30.0 Å². The first-order valence-corrected chi connectivity index (χ1v) is 7.41. The Morgan fingerprint density at radius 3 is 2.72 bits per heavy atom. The van der Waals surface area contributed by atoms with Crippen LogP contribution in [0.25, 0.3) is 0 Å². The summed E-state index contributed by atoms with van der Waals surface area (Å²) in [6, 6.07) is 9.01. The van der Waals surface area contributed by atoms with E-state index >= 15 is 0 Å². The van der Waals surface area contributed by atoms with Crippen molar-refractivity contribution in [3.63, 3.8) is 0 Å². The molecule has 1 N–H and O–H groups in total. The quantitative estimate of drug-likeness (QED) is 0.899. The molecule has 1 aliphatic carbocycles. The Kier molecular flexibility index (Phi) is 3.88. The molecule has 1 aromatic rings. The SMILES string of the molecule is Clc1cccc([C@@H](CC2CC2)N2CCNCC2)c1. The zero-order valence-electron chi connectivity index (χ0n) is 10.7. The van der Waals surface area contributed by atoms with Crippen molar-refractivity contribution in [3.8, 4) is 0 Å². The summed E-state index contributed by atoms with van der Waals surface area (Å²) in [6.07, 6.45) is 4.15. The van der Waals surface area contributed by atoms with E-state index in [1.54, 1.807) is 0 Å². The monoisotopic (exact) mass is 264 g/mol. The minimum absolute atomic E-state index is 0.568. The lowest BCUT2D eigenvalue weighted by molar-refractivity contribution is 0.160. The average molecular weight is 265 g/mol. The molecule has 0 radical (unpaired) electrons. The van der Waals surface area contributed by atoms with Gasteiger partial charge in [0.05, 0.1) is 0 Å². The van der Waals surface area contributed by atoms with Crippen molar-refractivity contribution in [3.05, 3.63) is 34.9 Å². The number of nitrogens with one attached hydrogen (secondary N) is 1. The van der Waals surface area contributed by atoms with Crippen molar-refractivity contribution in [2.24, 2.45) is 5.92 Å². The van der Waals surface area contributed by atoms with Crippen LogP contribution in [0.4, 0.5) is 0 Å². The zero-order chi connectivity index (χ0) is 12.4. The van der Waals surface area contributed by atoms with Crippen molar-refractivity contribution in [1.29, 1.82) is 0 Å². The van der Waals surface area contributed by atoms with Crippen LogP contribution in [0, 0.1) is 5.92 Å². The third kappa shape index (κ3) is 3.05. The van der Waals surface area contributed by atoms with Gasteiger partial charge in [0, 0.05) is 37.2 Å². The van der Waals surface area contributed by atoms with E-state index in [0.717, 1.165) is 37.1 Å². The predicted molar refractivity (Wildman–Crippen MR) is 76.0 cm³/mol. The Hall–Kier alpha value is -0.570. The topological polar surface area (TPSA) is 15.3 Å². The Morgan fingerprint density at radius 1 is 1.28 bits per heavy atom. The highest BCUT2D eigenvalue weighted by atomic mass is 35.5. The molecule has 2 aliphatic rings. The Balaban J connectivity index is 1.78. The number of nitrogens with zero attached hydrogens (tertiary/aromatic N) is 1. The normalized spacial score (nSPS) is 22.9. The third-order valence-electron chi connectivity index (χ3n) is 4.08.